The van der Waals surface area contributed by atoms with Crippen molar-refractivity contribution in [2.24, 2.45) is 0 Å². The number of aromatic amines is 1. The van der Waals surface area contributed by atoms with Crippen LogP contribution in [0.2, 0.25) is 0 Å². The molecule has 3 rings (SSSR count). The highest BCUT2D eigenvalue weighted by Crippen LogP contribution is 2.20. The van der Waals surface area contributed by atoms with Crippen LogP contribution in [0, 0.1) is 4.64 Å². The average molecular weight is 392 g/mol. The number of piperidine rings is 1. The van der Waals surface area contributed by atoms with Gasteiger partial charge in [0.25, 0.3) is 5.91 Å². The van der Waals surface area contributed by atoms with Crippen LogP contribution >= 0.6 is 12.2 Å². The van der Waals surface area contributed by atoms with Gasteiger partial charge in [-0.3, -0.25) is 4.79 Å². The average Bonchev–Trinajstić information content (AvgIpc) is 2.67. The Kier molecular flexibility index (Phi) is 5.85. The van der Waals surface area contributed by atoms with Crippen LogP contribution in [-0.4, -0.2) is 36.7 Å². The van der Waals surface area contributed by atoms with Crippen LogP contribution < -0.4 is 5.32 Å². The molecule has 2 aromatic rings. The number of pyridine rings is 1. The molecule has 1 aliphatic heterocycles. The standard InChI is InChI=1S/C18H21N3O3S2/c22-17(16-5-4-10-19-18(16)25)20-13-14-6-8-15(9-7-14)26(23,24)21-11-2-1-3-12-21/h4-10H,1-3,11-13H2,(H,19,25)(H,20,22). The fourth-order valence-corrected chi connectivity index (χ4v) is 4.66. The van der Waals surface area contributed by atoms with E-state index in [1.54, 1.807) is 46.9 Å². The molecule has 0 spiro atoms. The van der Waals surface area contributed by atoms with Gasteiger partial charge in [-0.2, -0.15) is 4.31 Å². The Hall–Kier alpha value is -2.03. The van der Waals surface area contributed by atoms with Crippen LogP contribution in [-0.2, 0) is 16.6 Å². The Labute approximate surface area is 158 Å². The number of nitrogens with one attached hydrogen (secondary N) is 2. The quantitative estimate of drug-likeness (QED) is 0.768. The minimum atomic E-state index is -3.43. The van der Waals surface area contributed by atoms with Crippen molar-refractivity contribution in [3.8, 4) is 0 Å². The zero-order chi connectivity index (χ0) is 18.6. The van der Waals surface area contributed by atoms with Crippen molar-refractivity contribution < 1.29 is 13.2 Å². The monoisotopic (exact) mass is 391 g/mol. The Morgan fingerprint density at radius 3 is 2.46 bits per heavy atom. The van der Waals surface area contributed by atoms with E-state index in [1.807, 2.05) is 0 Å². The molecule has 2 N–H and O–H groups in total. The van der Waals surface area contributed by atoms with Crippen molar-refractivity contribution in [3.63, 3.8) is 0 Å². The highest BCUT2D eigenvalue weighted by atomic mass is 32.2. The Morgan fingerprint density at radius 2 is 1.81 bits per heavy atom. The van der Waals surface area contributed by atoms with Crippen LogP contribution in [0.4, 0.5) is 0 Å². The van der Waals surface area contributed by atoms with E-state index in [0.717, 1.165) is 24.8 Å². The molecule has 0 atom stereocenters. The van der Waals surface area contributed by atoms with Crippen molar-refractivity contribution in [2.75, 3.05) is 13.1 Å². The van der Waals surface area contributed by atoms with Crippen molar-refractivity contribution in [2.45, 2.75) is 30.7 Å². The molecule has 138 valence electrons. The van der Waals surface area contributed by atoms with E-state index < -0.39 is 10.0 Å². The van der Waals surface area contributed by atoms with Crippen LogP contribution in [0.25, 0.3) is 0 Å². The minimum Gasteiger partial charge on any atom is -0.352 e. The first-order valence-electron chi connectivity index (χ1n) is 8.53. The lowest BCUT2D eigenvalue weighted by atomic mass is 10.2. The fraction of sp³-hybridized carbons (Fsp3) is 0.333. The van der Waals surface area contributed by atoms with Gasteiger partial charge in [-0.05, 0) is 42.7 Å². The summed E-state index contributed by atoms with van der Waals surface area (Å²) in [7, 11) is -3.43. The third-order valence-corrected chi connectivity index (χ3v) is 6.64. The fourth-order valence-electron chi connectivity index (χ4n) is 2.91. The van der Waals surface area contributed by atoms with Gasteiger partial charge >= 0.3 is 0 Å². The maximum absolute atomic E-state index is 12.6. The maximum atomic E-state index is 12.6. The van der Waals surface area contributed by atoms with Gasteiger partial charge in [0.15, 0.2) is 0 Å². The van der Waals surface area contributed by atoms with Crippen LogP contribution in [0.1, 0.15) is 35.2 Å². The first-order chi connectivity index (χ1) is 12.5. The summed E-state index contributed by atoms with van der Waals surface area (Å²) in [6.07, 6.45) is 4.56. The van der Waals surface area contributed by atoms with Crippen molar-refractivity contribution >= 4 is 28.1 Å². The molecule has 0 bridgehead atoms. The third kappa shape index (κ3) is 4.20. The van der Waals surface area contributed by atoms with E-state index >= 15 is 0 Å². The minimum absolute atomic E-state index is 0.267. The SMILES string of the molecule is O=C(NCc1ccc(S(=O)(=O)N2CCCCC2)cc1)c1ccc[nH]c1=S. The second kappa shape index (κ2) is 8.11. The summed E-state index contributed by atoms with van der Waals surface area (Å²) in [5.41, 5.74) is 1.23. The summed E-state index contributed by atoms with van der Waals surface area (Å²) in [5, 5.41) is 2.79. The zero-order valence-electron chi connectivity index (χ0n) is 14.3. The van der Waals surface area contributed by atoms with Gasteiger partial charge in [0.05, 0.1) is 10.5 Å². The van der Waals surface area contributed by atoms with Crippen LogP contribution in [0.3, 0.4) is 0 Å². The number of rotatable bonds is 5. The lowest BCUT2D eigenvalue weighted by Crippen LogP contribution is -2.35. The van der Waals surface area contributed by atoms with Gasteiger partial charge in [0, 0.05) is 25.8 Å². The number of aromatic nitrogens is 1. The summed E-state index contributed by atoms with van der Waals surface area (Å²) in [6.45, 7) is 1.46. The molecule has 8 heteroatoms. The van der Waals surface area contributed by atoms with E-state index in [9.17, 15) is 13.2 Å². The van der Waals surface area contributed by atoms with Crippen molar-refractivity contribution in [1.29, 1.82) is 0 Å². The third-order valence-electron chi connectivity index (χ3n) is 4.39. The Morgan fingerprint density at radius 1 is 1.12 bits per heavy atom. The van der Waals surface area contributed by atoms with Gasteiger partial charge in [-0.25, -0.2) is 8.42 Å². The molecule has 1 saturated heterocycles. The molecule has 1 aromatic heterocycles. The smallest absolute Gasteiger partial charge is 0.254 e. The molecule has 26 heavy (non-hydrogen) atoms. The highest BCUT2D eigenvalue weighted by molar-refractivity contribution is 7.89. The molecule has 1 aliphatic rings. The number of sulfonamides is 1. The second-order valence-corrected chi connectivity index (χ2v) is 8.55. The van der Waals surface area contributed by atoms with Crippen molar-refractivity contribution in [3.05, 3.63) is 58.4 Å². The highest BCUT2D eigenvalue weighted by Gasteiger charge is 2.25. The van der Waals surface area contributed by atoms with Gasteiger partial charge in [-0.1, -0.05) is 30.8 Å². The summed E-state index contributed by atoms with van der Waals surface area (Å²) in [4.78, 5) is 15.3. The van der Waals surface area contributed by atoms with Crippen LogP contribution in [0.15, 0.2) is 47.5 Å². The van der Waals surface area contributed by atoms with Gasteiger partial charge in [-0.15, -0.1) is 0 Å². The van der Waals surface area contributed by atoms with E-state index in [4.69, 9.17) is 12.2 Å². The van der Waals surface area contributed by atoms with Crippen LogP contribution in [0.5, 0.6) is 0 Å². The number of carbonyl (C=O) groups excluding carboxylic acids is 1. The largest absolute Gasteiger partial charge is 0.352 e. The number of amides is 1. The number of benzene rings is 1. The molecule has 0 saturated carbocycles. The van der Waals surface area contributed by atoms with E-state index in [-0.39, 0.29) is 5.91 Å². The maximum Gasteiger partial charge on any atom is 0.254 e. The number of carbonyl (C=O) groups is 1. The number of nitrogens with zero attached hydrogens (tertiary/aromatic N) is 1. The van der Waals surface area contributed by atoms with Gasteiger partial charge < -0.3 is 10.3 Å². The first-order valence-corrected chi connectivity index (χ1v) is 10.4. The first kappa shape index (κ1) is 18.8. The van der Waals surface area contributed by atoms with Crippen molar-refractivity contribution in [1.82, 2.24) is 14.6 Å². The molecular weight excluding hydrogens is 370 g/mol. The molecule has 2 heterocycles. The predicted octanol–water partition coefficient (Wildman–Crippen LogP) is 2.85. The predicted molar refractivity (Wildman–Crippen MR) is 102 cm³/mol. The molecule has 1 fully saturated rings. The summed E-state index contributed by atoms with van der Waals surface area (Å²) in [5.74, 6) is -0.267. The summed E-state index contributed by atoms with van der Waals surface area (Å²) in [6, 6.07) is 10.0. The Bertz CT molecular complexity index is 931. The second-order valence-electron chi connectivity index (χ2n) is 6.20. The van der Waals surface area contributed by atoms with E-state index in [2.05, 4.69) is 10.3 Å². The molecule has 0 radical (unpaired) electrons. The summed E-state index contributed by atoms with van der Waals surface area (Å²) < 4.78 is 27.2. The lowest BCUT2D eigenvalue weighted by molar-refractivity contribution is 0.0950. The summed E-state index contributed by atoms with van der Waals surface area (Å²) >= 11 is 5.09. The number of H-pyrrole nitrogens is 1. The van der Waals surface area contributed by atoms with Gasteiger partial charge in [0.1, 0.15) is 4.64 Å². The molecule has 0 unspecified atom stereocenters. The van der Waals surface area contributed by atoms with E-state index in [0.29, 0.717) is 34.7 Å². The number of hydrogen-bond acceptors (Lipinski definition) is 4. The molecule has 6 nitrogen and oxygen atoms in total. The normalized spacial score (nSPS) is 15.5. The number of hydrogen-bond donors (Lipinski definition) is 2. The lowest BCUT2D eigenvalue weighted by Gasteiger charge is -2.25. The zero-order valence-corrected chi connectivity index (χ0v) is 15.9. The molecule has 1 aromatic carbocycles. The van der Waals surface area contributed by atoms with Gasteiger partial charge in [0.2, 0.25) is 10.0 Å². The molecule has 1 amide bonds. The topological polar surface area (TPSA) is 82.3 Å². The Balaban J connectivity index is 1.65. The molecule has 0 aliphatic carbocycles. The van der Waals surface area contributed by atoms with E-state index in [1.165, 1.54) is 0 Å². The molecular formula is C18H21N3O3S2.